The molecule has 0 radical (unpaired) electrons. The smallest absolute Gasteiger partial charge is 0.248 e. The number of hydrogen-bond donors (Lipinski definition) is 1. The van der Waals surface area contributed by atoms with E-state index in [1.807, 2.05) is 30.3 Å². The first-order valence-electron chi connectivity index (χ1n) is 5.69. The molecule has 4 heteroatoms. The Morgan fingerprint density at radius 2 is 1.89 bits per heavy atom. The summed E-state index contributed by atoms with van der Waals surface area (Å²) < 4.78 is 12.9. The number of anilines is 1. The van der Waals surface area contributed by atoms with E-state index in [1.165, 1.54) is 30.0 Å². The second-order valence-electron chi connectivity index (χ2n) is 3.73. The third kappa shape index (κ3) is 4.60. The maximum Gasteiger partial charge on any atom is 0.248 e. The van der Waals surface area contributed by atoms with E-state index in [-0.39, 0.29) is 11.7 Å². The number of amides is 1. The number of rotatable bonds is 4. The number of halogens is 1. The van der Waals surface area contributed by atoms with Gasteiger partial charge in [0.15, 0.2) is 0 Å². The molecule has 0 saturated carbocycles. The maximum atomic E-state index is 12.9. The number of para-hydroxylation sites is 1. The van der Waals surface area contributed by atoms with Crippen LogP contribution in [0.25, 0.3) is 0 Å². The van der Waals surface area contributed by atoms with Gasteiger partial charge in [-0.1, -0.05) is 36.0 Å². The Labute approximate surface area is 115 Å². The molecule has 2 rings (SSSR count). The maximum absolute atomic E-state index is 12.9. The molecule has 0 saturated heterocycles. The highest BCUT2D eigenvalue weighted by Gasteiger charge is 1.97. The molecule has 0 aliphatic heterocycles. The van der Waals surface area contributed by atoms with E-state index in [2.05, 4.69) is 5.32 Å². The van der Waals surface area contributed by atoms with E-state index in [0.717, 1.165) is 10.6 Å². The van der Waals surface area contributed by atoms with Gasteiger partial charge in [0.05, 0.1) is 0 Å². The van der Waals surface area contributed by atoms with Crippen molar-refractivity contribution in [3.63, 3.8) is 0 Å². The van der Waals surface area contributed by atoms with Crippen LogP contribution in [0.15, 0.2) is 71.0 Å². The Balaban J connectivity index is 1.87. The predicted octanol–water partition coefficient (Wildman–Crippen LogP) is 4.07. The SMILES string of the molecule is O=C(C=CSc1cccc(F)c1)Nc1ccccc1. The fraction of sp³-hybridized carbons (Fsp3) is 0. The van der Waals surface area contributed by atoms with Crippen LogP contribution in [0.4, 0.5) is 10.1 Å². The summed E-state index contributed by atoms with van der Waals surface area (Å²) in [5, 5.41) is 4.36. The lowest BCUT2D eigenvalue weighted by atomic mass is 10.3. The Morgan fingerprint density at radius 3 is 2.63 bits per heavy atom. The van der Waals surface area contributed by atoms with E-state index >= 15 is 0 Å². The second-order valence-corrected chi connectivity index (χ2v) is 4.71. The van der Waals surface area contributed by atoms with Crippen LogP contribution < -0.4 is 5.32 Å². The zero-order valence-corrected chi connectivity index (χ0v) is 10.9. The van der Waals surface area contributed by atoms with Gasteiger partial charge in [-0.2, -0.15) is 0 Å². The van der Waals surface area contributed by atoms with Gasteiger partial charge in [-0.05, 0) is 35.7 Å². The average molecular weight is 273 g/mol. The molecule has 0 aliphatic carbocycles. The van der Waals surface area contributed by atoms with Crippen LogP contribution in [0.2, 0.25) is 0 Å². The number of benzene rings is 2. The minimum absolute atomic E-state index is 0.213. The minimum Gasteiger partial charge on any atom is -0.322 e. The quantitative estimate of drug-likeness (QED) is 0.672. The predicted molar refractivity (Wildman–Crippen MR) is 76.5 cm³/mol. The first kappa shape index (κ1) is 13.4. The zero-order chi connectivity index (χ0) is 13.5. The summed E-state index contributed by atoms with van der Waals surface area (Å²) in [6.45, 7) is 0. The molecule has 1 amide bonds. The molecule has 0 atom stereocenters. The lowest BCUT2D eigenvalue weighted by Gasteiger charge is -2.00. The normalized spacial score (nSPS) is 10.6. The lowest BCUT2D eigenvalue weighted by molar-refractivity contribution is -0.111. The molecular weight excluding hydrogens is 261 g/mol. The highest BCUT2D eigenvalue weighted by atomic mass is 32.2. The van der Waals surface area contributed by atoms with Gasteiger partial charge in [0.1, 0.15) is 5.82 Å². The van der Waals surface area contributed by atoms with Gasteiger partial charge in [0.2, 0.25) is 5.91 Å². The third-order valence-electron chi connectivity index (χ3n) is 2.26. The highest BCUT2D eigenvalue weighted by Crippen LogP contribution is 2.19. The van der Waals surface area contributed by atoms with Gasteiger partial charge in [-0.25, -0.2) is 4.39 Å². The molecule has 2 aromatic rings. The number of hydrogen-bond acceptors (Lipinski definition) is 2. The van der Waals surface area contributed by atoms with Crippen LogP contribution in [0.5, 0.6) is 0 Å². The third-order valence-corrected chi connectivity index (χ3v) is 3.06. The van der Waals surface area contributed by atoms with Crippen molar-refractivity contribution >= 4 is 23.4 Å². The van der Waals surface area contributed by atoms with E-state index in [9.17, 15) is 9.18 Å². The minimum atomic E-state index is -0.285. The zero-order valence-electron chi connectivity index (χ0n) is 10.0. The Kier molecular flexibility index (Phi) is 4.75. The number of nitrogens with one attached hydrogen (secondary N) is 1. The van der Waals surface area contributed by atoms with Crippen molar-refractivity contribution in [3.8, 4) is 0 Å². The second kappa shape index (κ2) is 6.75. The van der Waals surface area contributed by atoms with Crippen molar-refractivity contribution in [3.05, 3.63) is 71.9 Å². The average Bonchev–Trinajstić information content (AvgIpc) is 2.40. The van der Waals surface area contributed by atoms with Crippen molar-refractivity contribution in [1.82, 2.24) is 0 Å². The van der Waals surface area contributed by atoms with Crippen molar-refractivity contribution in [2.24, 2.45) is 0 Å². The fourth-order valence-corrected chi connectivity index (χ4v) is 2.11. The molecular formula is C15H12FNOS. The Hall–Kier alpha value is -2.07. The first-order valence-corrected chi connectivity index (χ1v) is 6.57. The van der Waals surface area contributed by atoms with Crippen molar-refractivity contribution in [1.29, 1.82) is 0 Å². The van der Waals surface area contributed by atoms with Crippen LogP contribution in [-0.4, -0.2) is 5.91 Å². The summed E-state index contributed by atoms with van der Waals surface area (Å²) in [4.78, 5) is 12.3. The molecule has 0 heterocycles. The monoisotopic (exact) mass is 273 g/mol. The van der Waals surface area contributed by atoms with Gasteiger partial charge in [-0.15, -0.1) is 0 Å². The van der Waals surface area contributed by atoms with Gasteiger partial charge < -0.3 is 5.32 Å². The summed E-state index contributed by atoms with van der Waals surface area (Å²) in [6, 6.07) is 15.4. The summed E-state index contributed by atoms with van der Waals surface area (Å²) >= 11 is 1.29. The topological polar surface area (TPSA) is 29.1 Å². The number of carbonyl (C=O) groups is 1. The molecule has 2 aromatic carbocycles. The molecule has 1 N–H and O–H groups in total. The molecule has 0 fully saturated rings. The summed E-state index contributed by atoms with van der Waals surface area (Å²) in [6.07, 6.45) is 1.42. The molecule has 0 aromatic heterocycles. The van der Waals surface area contributed by atoms with Crippen LogP contribution in [0.1, 0.15) is 0 Å². The summed E-state index contributed by atoms with van der Waals surface area (Å²) in [7, 11) is 0. The molecule has 2 nitrogen and oxygen atoms in total. The van der Waals surface area contributed by atoms with Crippen LogP contribution in [0, 0.1) is 5.82 Å². The van der Waals surface area contributed by atoms with Crippen molar-refractivity contribution in [2.75, 3.05) is 5.32 Å². The van der Waals surface area contributed by atoms with Gasteiger partial charge in [0, 0.05) is 16.7 Å². The lowest BCUT2D eigenvalue weighted by Crippen LogP contribution is -2.07. The fourth-order valence-electron chi connectivity index (χ4n) is 1.42. The first-order chi connectivity index (χ1) is 9.24. The molecule has 96 valence electrons. The van der Waals surface area contributed by atoms with E-state index < -0.39 is 0 Å². The molecule has 0 aliphatic rings. The largest absolute Gasteiger partial charge is 0.322 e. The van der Waals surface area contributed by atoms with E-state index in [0.29, 0.717) is 0 Å². The van der Waals surface area contributed by atoms with Crippen LogP contribution in [0.3, 0.4) is 0 Å². The van der Waals surface area contributed by atoms with Crippen LogP contribution in [-0.2, 0) is 4.79 Å². The molecule has 0 spiro atoms. The standard InChI is InChI=1S/C15H12FNOS/c16-12-5-4-8-14(11-12)19-10-9-15(18)17-13-6-2-1-3-7-13/h1-11H,(H,17,18). The van der Waals surface area contributed by atoms with Gasteiger partial charge in [-0.3, -0.25) is 4.79 Å². The Morgan fingerprint density at radius 1 is 1.11 bits per heavy atom. The number of thioether (sulfide) groups is 1. The van der Waals surface area contributed by atoms with E-state index in [1.54, 1.807) is 17.5 Å². The summed E-state index contributed by atoms with van der Waals surface area (Å²) in [5.41, 5.74) is 0.743. The number of carbonyl (C=O) groups excluding carboxylic acids is 1. The molecule has 0 unspecified atom stereocenters. The van der Waals surface area contributed by atoms with Crippen molar-refractivity contribution < 1.29 is 9.18 Å². The van der Waals surface area contributed by atoms with Gasteiger partial charge in [0.25, 0.3) is 0 Å². The summed E-state index contributed by atoms with van der Waals surface area (Å²) in [5.74, 6) is -0.498. The van der Waals surface area contributed by atoms with Crippen LogP contribution >= 0.6 is 11.8 Å². The molecule has 19 heavy (non-hydrogen) atoms. The Bertz CT molecular complexity index is 584. The highest BCUT2D eigenvalue weighted by molar-refractivity contribution is 8.02. The van der Waals surface area contributed by atoms with Gasteiger partial charge >= 0.3 is 0 Å². The van der Waals surface area contributed by atoms with Crippen molar-refractivity contribution in [2.45, 2.75) is 4.90 Å². The molecule has 0 bridgehead atoms. The van der Waals surface area contributed by atoms with E-state index in [4.69, 9.17) is 0 Å².